The van der Waals surface area contributed by atoms with E-state index in [2.05, 4.69) is 9.80 Å². The van der Waals surface area contributed by atoms with E-state index in [0.29, 0.717) is 6.54 Å². The topological polar surface area (TPSA) is 65.4 Å². The van der Waals surface area contributed by atoms with Gasteiger partial charge in [0.05, 0.1) is 13.7 Å². The molecule has 0 amide bonds. The van der Waals surface area contributed by atoms with Gasteiger partial charge in [0.1, 0.15) is 24.2 Å². The van der Waals surface area contributed by atoms with Gasteiger partial charge >= 0.3 is 0 Å². The summed E-state index contributed by atoms with van der Waals surface area (Å²) in [6, 6.07) is 7.34. The van der Waals surface area contributed by atoms with Gasteiger partial charge < -0.3 is 19.7 Å². The summed E-state index contributed by atoms with van der Waals surface area (Å²) in [7, 11) is 1.62. The summed E-state index contributed by atoms with van der Waals surface area (Å²) in [5.74, 6) is 1.52. The predicted molar refractivity (Wildman–Crippen MR) is 84.5 cm³/mol. The van der Waals surface area contributed by atoms with Gasteiger partial charge in [0.25, 0.3) is 0 Å². The number of aliphatic hydroxyl groups excluding tert-OH is 2. The molecule has 2 rings (SSSR count). The number of β-amino-alcohol motifs (C(OH)–C–C–N with tert-alkyl or cyclic N) is 2. The molecule has 124 valence electrons. The third kappa shape index (κ3) is 5.46. The molecule has 1 saturated heterocycles. The van der Waals surface area contributed by atoms with Crippen LogP contribution >= 0.6 is 0 Å². The highest BCUT2D eigenvalue weighted by atomic mass is 16.5. The van der Waals surface area contributed by atoms with Crippen molar-refractivity contribution in [2.24, 2.45) is 0 Å². The first-order valence-corrected chi connectivity index (χ1v) is 7.71. The number of ether oxygens (including phenoxy) is 2. The van der Waals surface area contributed by atoms with Gasteiger partial charge in [-0.25, -0.2) is 0 Å². The monoisotopic (exact) mass is 310 g/mol. The van der Waals surface area contributed by atoms with Crippen molar-refractivity contribution in [3.8, 4) is 11.5 Å². The minimum Gasteiger partial charge on any atom is -0.497 e. The third-order valence-corrected chi connectivity index (χ3v) is 3.85. The second-order valence-electron chi connectivity index (χ2n) is 5.51. The van der Waals surface area contributed by atoms with E-state index >= 15 is 0 Å². The minimum atomic E-state index is -0.508. The van der Waals surface area contributed by atoms with Crippen LogP contribution in [-0.4, -0.2) is 85.7 Å². The number of hydrogen-bond donors (Lipinski definition) is 2. The van der Waals surface area contributed by atoms with Crippen molar-refractivity contribution in [1.82, 2.24) is 9.80 Å². The largest absolute Gasteiger partial charge is 0.497 e. The van der Waals surface area contributed by atoms with Crippen LogP contribution in [-0.2, 0) is 0 Å². The smallest absolute Gasteiger partial charge is 0.119 e. The van der Waals surface area contributed by atoms with E-state index in [1.807, 2.05) is 24.3 Å². The molecule has 6 nitrogen and oxygen atoms in total. The summed E-state index contributed by atoms with van der Waals surface area (Å²) in [5.41, 5.74) is 0. The maximum atomic E-state index is 10.1. The number of methoxy groups -OCH3 is 1. The Bertz CT molecular complexity index is 419. The first-order valence-electron chi connectivity index (χ1n) is 7.71. The molecule has 0 aromatic heterocycles. The molecular formula is C16H26N2O4. The fourth-order valence-corrected chi connectivity index (χ4v) is 2.55. The predicted octanol–water partition coefficient (Wildman–Crippen LogP) is 0.0448. The summed E-state index contributed by atoms with van der Waals surface area (Å²) < 4.78 is 10.7. The minimum absolute atomic E-state index is 0.207. The van der Waals surface area contributed by atoms with Crippen LogP contribution in [0.25, 0.3) is 0 Å². The van der Waals surface area contributed by atoms with Crippen molar-refractivity contribution in [2.45, 2.75) is 6.10 Å². The lowest BCUT2D eigenvalue weighted by atomic mass is 10.2. The molecule has 0 unspecified atom stereocenters. The zero-order valence-electron chi connectivity index (χ0n) is 13.1. The molecule has 1 aliphatic heterocycles. The average molecular weight is 310 g/mol. The Kier molecular flexibility index (Phi) is 6.92. The van der Waals surface area contributed by atoms with Crippen molar-refractivity contribution in [1.29, 1.82) is 0 Å². The van der Waals surface area contributed by atoms with Crippen molar-refractivity contribution < 1.29 is 19.7 Å². The third-order valence-electron chi connectivity index (χ3n) is 3.85. The molecule has 1 aromatic rings. The van der Waals surface area contributed by atoms with Crippen LogP contribution in [0, 0.1) is 0 Å². The first kappa shape index (κ1) is 17.0. The second kappa shape index (κ2) is 8.95. The highest BCUT2D eigenvalue weighted by Gasteiger charge is 2.19. The van der Waals surface area contributed by atoms with Gasteiger partial charge in [-0.05, 0) is 24.3 Å². The number of benzene rings is 1. The summed E-state index contributed by atoms with van der Waals surface area (Å²) in [5, 5.41) is 19.0. The molecule has 0 aliphatic carbocycles. The molecule has 0 radical (unpaired) electrons. The molecule has 0 saturated carbocycles. The lowest BCUT2D eigenvalue weighted by Gasteiger charge is -2.35. The fourth-order valence-electron chi connectivity index (χ4n) is 2.55. The molecule has 0 bridgehead atoms. The van der Waals surface area contributed by atoms with E-state index in [-0.39, 0.29) is 13.2 Å². The Morgan fingerprint density at radius 1 is 1.05 bits per heavy atom. The number of nitrogens with zero attached hydrogens (tertiary/aromatic N) is 2. The maximum absolute atomic E-state index is 10.1. The maximum Gasteiger partial charge on any atom is 0.119 e. The van der Waals surface area contributed by atoms with Gasteiger partial charge in [0.2, 0.25) is 0 Å². The van der Waals surface area contributed by atoms with Gasteiger partial charge in [0, 0.05) is 39.3 Å². The van der Waals surface area contributed by atoms with Crippen LogP contribution < -0.4 is 9.47 Å². The van der Waals surface area contributed by atoms with Gasteiger partial charge in [-0.3, -0.25) is 9.80 Å². The van der Waals surface area contributed by atoms with Crippen molar-refractivity contribution in [3.63, 3.8) is 0 Å². The van der Waals surface area contributed by atoms with Crippen LogP contribution in [0.4, 0.5) is 0 Å². The quantitative estimate of drug-likeness (QED) is 0.707. The highest BCUT2D eigenvalue weighted by Crippen LogP contribution is 2.17. The van der Waals surface area contributed by atoms with E-state index in [4.69, 9.17) is 14.6 Å². The summed E-state index contributed by atoms with van der Waals surface area (Å²) in [4.78, 5) is 4.46. The zero-order chi connectivity index (χ0) is 15.8. The average Bonchev–Trinajstić information content (AvgIpc) is 2.55. The van der Waals surface area contributed by atoms with Crippen molar-refractivity contribution in [2.75, 3.05) is 59.6 Å². The Labute approximate surface area is 131 Å². The fraction of sp³-hybridized carbons (Fsp3) is 0.625. The van der Waals surface area contributed by atoms with Crippen LogP contribution in [0.15, 0.2) is 24.3 Å². The van der Waals surface area contributed by atoms with Crippen molar-refractivity contribution >= 4 is 0 Å². The highest BCUT2D eigenvalue weighted by molar-refractivity contribution is 5.31. The normalized spacial score (nSPS) is 18.1. The standard InChI is InChI=1S/C16H26N2O4/c1-21-15-2-4-16(5-3-15)22-13-14(20)12-18-8-6-17(7-9-18)10-11-19/h2-5,14,19-20H,6-13H2,1H3/t14-/m1/s1. The van der Waals surface area contributed by atoms with Crippen LogP contribution in [0.5, 0.6) is 11.5 Å². The lowest BCUT2D eigenvalue weighted by molar-refractivity contribution is 0.0428. The summed E-state index contributed by atoms with van der Waals surface area (Å²) >= 11 is 0. The van der Waals surface area contributed by atoms with E-state index in [9.17, 15) is 5.11 Å². The molecule has 1 aromatic carbocycles. The SMILES string of the molecule is COc1ccc(OC[C@H](O)CN2CCN(CCO)CC2)cc1. The van der Waals surface area contributed by atoms with E-state index < -0.39 is 6.10 Å². The molecular weight excluding hydrogens is 284 g/mol. The van der Waals surface area contributed by atoms with Crippen LogP contribution in [0.1, 0.15) is 0 Å². The number of hydrogen-bond acceptors (Lipinski definition) is 6. The number of piperazine rings is 1. The second-order valence-corrected chi connectivity index (χ2v) is 5.51. The van der Waals surface area contributed by atoms with Gasteiger partial charge in [-0.1, -0.05) is 0 Å². The Hall–Kier alpha value is -1.34. The molecule has 1 heterocycles. The van der Waals surface area contributed by atoms with Gasteiger partial charge in [-0.15, -0.1) is 0 Å². The summed E-state index contributed by atoms with van der Waals surface area (Å²) in [6.07, 6.45) is -0.508. The van der Waals surface area contributed by atoms with Crippen LogP contribution in [0.3, 0.4) is 0 Å². The molecule has 6 heteroatoms. The Morgan fingerprint density at radius 3 is 2.23 bits per heavy atom. The first-order chi connectivity index (χ1) is 10.7. The molecule has 1 atom stereocenters. The molecule has 0 spiro atoms. The van der Waals surface area contributed by atoms with E-state index in [1.165, 1.54) is 0 Å². The number of rotatable bonds is 8. The lowest BCUT2D eigenvalue weighted by Crippen LogP contribution is -2.49. The molecule has 1 aliphatic rings. The Balaban J connectivity index is 1.66. The van der Waals surface area contributed by atoms with Crippen molar-refractivity contribution in [3.05, 3.63) is 24.3 Å². The van der Waals surface area contributed by atoms with E-state index in [0.717, 1.165) is 44.2 Å². The molecule has 1 fully saturated rings. The zero-order valence-corrected chi connectivity index (χ0v) is 13.1. The summed E-state index contributed by atoms with van der Waals surface area (Å²) in [6.45, 7) is 5.54. The van der Waals surface area contributed by atoms with Gasteiger partial charge in [-0.2, -0.15) is 0 Å². The number of aliphatic hydroxyl groups is 2. The van der Waals surface area contributed by atoms with Crippen LogP contribution in [0.2, 0.25) is 0 Å². The Morgan fingerprint density at radius 2 is 1.64 bits per heavy atom. The molecule has 2 N–H and O–H groups in total. The molecule has 22 heavy (non-hydrogen) atoms. The van der Waals surface area contributed by atoms with Gasteiger partial charge in [0.15, 0.2) is 0 Å². The van der Waals surface area contributed by atoms with E-state index in [1.54, 1.807) is 7.11 Å².